The molecule has 0 spiro atoms. The molecule has 0 fully saturated rings. The van der Waals surface area contributed by atoms with Gasteiger partial charge in [0.1, 0.15) is 12.0 Å². The van der Waals surface area contributed by atoms with Crippen LogP contribution in [0.3, 0.4) is 0 Å². The van der Waals surface area contributed by atoms with Gasteiger partial charge in [0.2, 0.25) is 0 Å². The molecule has 3 rings (SSSR count). The van der Waals surface area contributed by atoms with Crippen LogP contribution in [-0.4, -0.2) is 24.0 Å². The van der Waals surface area contributed by atoms with Crippen molar-refractivity contribution in [1.82, 2.24) is 4.98 Å². The van der Waals surface area contributed by atoms with Gasteiger partial charge in [-0.25, -0.2) is 9.59 Å². The fourth-order valence-electron chi connectivity index (χ4n) is 2.08. The van der Waals surface area contributed by atoms with Crippen LogP contribution < -0.4 is 4.74 Å². The fourth-order valence-corrected chi connectivity index (χ4v) is 2.08. The number of rotatable bonds is 3. The van der Waals surface area contributed by atoms with Gasteiger partial charge >= 0.3 is 11.9 Å². The number of carbonyl (C=O) groups excluding carboxylic acids is 2. The molecule has 6 heteroatoms. The number of esters is 2. The first-order valence-electron chi connectivity index (χ1n) is 6.40. The zero-order valence-corrected chi connectivity index (χ0v) is 11.6. The number of aromatic nitrogens is 1. The van der Waals surface area contributed by atoms with Gasteiger partial charge in [-0.05, 0) is 24.3 Å². The molecule has 0 aliphatic heterocycles. The van der Waals surface area contributed by atoms with Crippen LogP contribution in [0.25, 0.3) is 10.8 Å². The van der Waals surface area contributed by atoms with Gasteiger partial charge in [-0.3, -0.25) is 4.98 Å². The predicted octanol–water partition coefficient (Wildman–Crippen LogP) is 2.83. The largest absolute Gasteiger partial charge is 0.496 e. The van der Waals surface area contributed by atoms with Crippen LogP contribution in [0.1, 0.15) is 20.7 Å². The maximum Gasteiger partial charge on any atom is 0.346 e. The van der Waals surface area contributed by atoms with Crippen LogP contribution in [0.15, 0.2) is 53.6 Å². The fraction of sp³-hybridized carbons (Fsp3) is 0.0625. The molecule has 0 N–H and O–H groups in total. The SMILES string of the molecule is COc1ccc(C(=O)OC(=O)c2ccncc2)c2cocc12. The Morgan fingerprint density at radius 2 is 1.73 bits per heavy atom. The molecule has 0 atom stereocenters. The summed E-state index contributed by atoms with van der Waals surface area (Å²) in [6, 6.07) is 6.08. The first kappa shape index (κ1) is 13.8. The molecule has 1 aromatic carbocycles. The number of benzene rings is 1. The minimum atomic E-state index is -0.754. The minimum absolute atomic E-state index is 0.229. The number of hydrogen-bond acceptors (Lipinski definition) is 6. The summed E-state index contributed by atoms with van der Waals surface area (Å²) in [6.45, 7) is 0. The van der Waals surface area contributed by atoms with E-state index in [4.69, 9.17) is 13.9 Å². The molecule has 0 amide bonds. The second-order valence-electron chi connectivity index (χ2n) is 4.43. The highest BCUT2D eigenvalue weighted by atomic mass is 16.6. The number of ether oxygens (including phenoxy) is 2. The van der Waals surface area contributed by atoms with Crippen molar-refractivity contribution in [2.24, 2.45) is 0 Å². The summed E-state index contributed by atoms with van der Waals surface area (Å²) in [5.74, 6) is -0.920. The smallest absolute Gasteiger partial charge is 0.346 e. The van der Waals surface area contributed by atoms with E-state index in [-0.39, 0.29) is 11.1 Å². The van der Waals surface area contributed by atoms with Crippen LogP contribution in [0.2, 0.25) is 0 Å². The first-order valence-corrected chi connectivity index (χ1v) is 6.40. The molecule has 0 saturated carbocycles. The Kier molecular flexibility index (Phi) is 3.57. The Hall–Kier alpha value is -3.15. The number of pyridine rings is 1. The molecule has 22 heavy (non-hydrogen) atoms. The normalized spacial score (nSPS) is 10.4. The third kappa shape index (κ3) is 2.42. The van der Waals surface area contributed by atoms with E-state index in [1.807, 2.05) is 0 Å². The number of carbonyl (C=O) groups is 2. The van der Waals surface area contributed by atoms with Crippen LogP contribution >= 0.6 is 0 Å². The zero-order chi connectivity index (χ0) is 15.5. The lowest BCUT2D eigenvalue weighted by Gasteiger charge is -2.06. The highest BCUT2D eigenvalue weighted by Crippen LogP contribution is 2.29. The summed E-state index contributed by atoms with van der Waals surface area (Å²) in [4.78, 5) is 27.9. The third-order valence-corrected chi connectivity index (χ3v) is 3.16. The van der Waals surface area contributed by atoms with Crippen molar-refractivity contribution in [3.05, 3.63) is 60.3 Å². The Bertz CT molecular complexity index is 838. The Morgan fingerprint density at radius 3 is 2.45 bits per heavy atom. The summed E-state index contributed by atoms with van der Waals surface area (Å²) >= 11 is 0. The van der Waals surface area contributed by atoms with E-state index in [1.165, 1.54) is 50.2 Å². The number of furan rings is 1. The Balaban J connectivity index is 1.90. The Labute approximate surface area is 125 Å². The molecular weight excluding hydrogens is 286 g/mol. The van der Waals surface area contributed by atoms with Crippen molar-refractivity contribution >= 4 is 22.7 Å². The third-order valence-electron chi connectivity index (χ3n) is 3.16. The molecule has 0 unspecified atom stereocenters. The average Bonchev–Trinajstić information content (AvgIpc) is 3.04. The quantitative estimate of drug-likeness (QED) is 0.546. The van der Waals surface area contributed by atoms with Gasteiger partial charge in [0, 0.05) is 17.8 Å². The van der Waals surface area contributed by atoms with Crippen molar-refractivity contribution in [2.45, 2.75) is 0 Å². The van der Waals surface area contributed by atoms with Crippen LogP contribution in [0.5, 0.6) is 5.75 Å². The highest BCUT2D eigenvalue weighted by molar-refractivity contribution is 6.10. The van der Waals surface area contributed by atoms with E-state index < -0.39 is 11.9 Å². The van der Waals surface area contributed by atoms with Gasteiger partial charge in [0.15, 0.2) is 0 Å². The van der Waals surface area contributed by atoms with Crippen LogP contribution in [0.4, 0.5) is 0 Å². The maximum atomic E-state index is 12.2. The average molecular weight is 297 g/mol. The minimum Gasteiger partial charge on any atom is -0.496 e. The molecule has 6 nitrogen and oxygen atoms in total. The van der Waals surface area contributed by atoms with Crippen molar-refractivity contribution in [3.8, 4) is 5.75 Å². The number of methoxy groups -OCH3 is 1. The molecule has 2 heterocycles. The standard InChI is InChI=1S/C16H11NO5/c1-20-14-3-2-11(12-8-21-9-13(12)14)16(19)22-15(18)10-4-6-17-7-5-10/h2-9H,1H3. The number of nitrogens with zero attached hydrogens (tertiary/aromatic N) is 1. The number of hydrogen-bond donors (Lipinski definition) is 0. The van der Waals surface area contributed by atoms with E-state index >= 15 is 0 Å². The molecule has 0 saturated heterocycles. The summed E-state index contributed by atoms with van der Waals surface area (Å²) in [7, 11) is 1.52. The summed E-state index contributed by atoms with van der Waals surface area (Å²) < 4.78 is 15.2. The van der Waals surface area contributed by atoms with Crippen molar-refractivity contribution < 1.29 is 23.5 Å². The highest BCUT2D eigenvalue weighted by Gasteiger charge is 2.19. The van der Waals surface area contributed by atoms with Gasteiger partial charge in [0.05, 0.1) is 29.9 Å². The molecule has 0 aliphatic carbocycles. The van der Waals surface area contributed by atoms with Crippen molar-refractivity contribution in [3.63, 3.8) is 0 Å². The molecule has 0 aliphatic rings. The number of fused-ring (bicyclic) bond motifs is 1. The van der Waals surface area contributed by atoms with E-state index in [2.05, 4.69) is 4.98 Å². The second-order valence-corrected chi connectivity index (χ2v) is 4.43. The molecule has 0 radical (unpaired) electrons. The molecule has 3 aromatic rings. The second kappa shape index (κ2) is 5.69. The van der Waals surface area contributed by atoms with Gasteiger partial charge in [-0.15, -0.1) is 0 Å². The van der Waals surface area contributed by atoms with Gasteiger partial charge in [0.25, 0.3) is 0 Å². The van der Waals surface area contributed by atoms with Crippen molar-refractivity contribution in [1.29, 1.82) is 0 Å². The summed E-state index contributed by atoms with van der Waals surface area (Å²) in [6.07, 6.45) is 5.77. The molecule has 110 valence electrons. The lowest BCUT2D eigenvalue weighted by Crippen LogP contribution is -2.13. The summed E-state index contributed by atoms with van der Waals surface area (Å²) in [5, 5.41) is 1.15. The van der Waals surface area contributed by atoms with E-state index in [9.17, 15) is 9.59 Å². The lowest BCUT2D eigenvalue weighted by atomic mass is 10.1. The maximum absolute atomic E-state index is 12.2. The summed E-state index contributed by atoms with van der Waals surface area (Å²) in [5.41, 5.74) is 0.479. The van der Waals surface area contributed by atoms with Gasteiger partial charge in [-0.1, -0.05) is 0 Å². The zero-order valence-electron chi connectivity index (χ0n) is 11.6. The van der Waals surface area contributed by atoms with E-state index in [1.54, 1.807) is 6.07 Å². The van der Waals surface area contributed by atoms with Crippen molar-refractivity contribution in [2.75, 3.05) is 7.11 Å². The molecular formula is C16H11NO5. The topological polar surface area (TPSA) is 78.6 Å². The molecule has 2 aromatic heterocycles. The predicted molar refractivity (Wildman–Crippen MR) is 76.7 cm³/mol. The Morgan fingerprint density at radius 1 is 1.00 bits per heavy atom. The van der Waals surface area contributed by atoms with E-state index in [0.717, 1.165) is 0 Å². The van der Waals surface area contributed by atoms with E-state index in [0.29, 0.717) is 16.5 Å². The lowest BCUT2D eigenvalue weighted by molar-refractivity contribution is 0.0399. The van der Waals surface area contributed by atoms with Crippen LogP contribution in [-0.2, 0) is 4.74 Å². The van der Waals surface area contributed by atoms with Gasteiger partial charge in [-0.2, -0.15) is 0 Å². The van der Waals surface area contributed by atoms with Gasteiger partial charge < -0.3 is 13.9 Å². The molecule has 0 bridgehead atoms. The first-order chi connectivity index (χ1) is 10.7. The monoisotopic (exact) mass is 297 g/mol. The van der Waals surface area contributed by atoms with Crippen LogP contribution in [0, 0.1) is 0 Å².